The van der Waals surface area contributed by atoms with Crippen LogP contribution in [0.2, 0.25) is 0 Å². The molecule has 3 heterocycles. The maximum atomic E-state index is 13.5. The number of nitrogens with one attached hydrogen (secondary N) is 1. The van der Waals surface area contributed by atoms with Crippen LogP contribution in [0.3, 0.4) is 0 Å². The molecule has 1 fully saturated rings. The Balaban J connectivity index is 0.00000306. The molecule has 2 aromatic heterocycles. The van der Waals surface area contributed by atoms with Crippen molar-refractivity contribution >= 4 is 41.5 Å². The number of benzene rings is 1. The lowest BCUT2D eigenvalue weighted by molar-refractivity contribution is -0.120. The van der Waals surface area contributed by atoms with Crippen molar-refractivity contribution in [2.24, 2.45) is 12.0 Å². The number of pyridine rings is 1. The Kier molecular flexibility index (Phi) is 8.20. The molecule has 33 heavy (non-hydrogen) atoms. The fourth-order valence-corrected chi connectivity index (χ4v) is 3.47. The first kappa shape index (κ1) is 24.4. The minimum absolute atomic E-state index is 0. The standard InChI is InChI=1S/C22H24FN7O2.HI/c1-24-22(29-9-10-30(20(31)15-29)18-13-27-28(2)14-18)26-12-16-5-4-8-25-21(16)32-19-7-3-6-17(23)11-19;/h3-8,11,13-14H,9-10,12,15H2,1-2H3,(H,24,26);1H. The van der Waals surface area contributed by atoms with Crippen molar-refractivity contribution in [2.45, 2.75) is 6.54 Å². The summed E-state index contributed by atoms with van der Waals surface area (Å²) in [5.74, 6) is 0.937. The van der Waals surface area contributed by atoms with E-state index in [2.05, 4.69) is 20.4 Å². The second kappa shape index (κ2) is 11.1. The number of nitrogens with zero attached hydrogens (tertiary/aromatic N) is 6. The molecule has 9 nitrogen and oxygen atoms in total. The van der Waals surface area contributed by atoms with Crippen LogP contribution in [0.4, 0.5) is 10.1 Å². The number of ether oxygens (including phenoxy) is 1. The van der Waals surface area contributed by atoms with Gasteiger partial charge in [0.05, 0.1) is 11.9 Å². The molecule has 1 aromatic carbocycles. The Morgan fingerprint density at radius 1 is 1.27 bits per heavy atom. The van der Waals surface area contributed by atoms with E-state index in [1.165, 1.54) is 12.1 Å². The molecule has 174 valence electrons. The van der Waals surface area contributed by atoms with Gasteiger partial charge in [-0.05, 0) is 18.2 Å². The SMILES string of the molecule is CN=C(NCc1cccnc1Oc1cccc(F)c1)N1CCN(c2cnn(C)c2)C(=O)C1.I. The topological polar surface area (TPSA) is 87.9 Å². The lowest BCUT2D eigenvalue weighted by Crippen LogP contribution is -2.55. The van der Waals surface area contributed by atoms with Crippen molar-refractivity contribution < 1.29 is 13.9 Å². The highest BCUT2D eigenvalue weighted by Crippen LogP contribution is 2.23. The molecular weight excluding hydrogens is 540 g/mol. The van der Waals surface area contributed by atoms with Gasteiger partial charge in [0.1, 0.15) is 18.1 Å². The largest absolute Gasteiger partial charge is 0.439 e. The molecule has 0 atom stereocenters. The zero-order valence-electron chi connectivity index (χ0n) is 18.3. The van der Waals surface area contributed by atoms with E-state index in [1.54, 1.807) is 47.2 Å². The lowest BCUT2D eigenvalue weighted by Gasteiger charge is -2.35. The van der Waals surface area contributed by atoms with Crippen molar-refractivity contribution in [3.63, 3.8) is 0 Å². The first-order valence-electron chi connectivity index (χ1n) is 10.2. The molecule has 0 saturated carbocycles. The van der Waals surface area contributed by atoms with Crippen molar-refractivity contribution in [1.29, 1.82) is 0 Å². The monoisotopic (exact) mass is 565 g/mol. The summed E-state index contributed by atoms with van der Waals surface area (Å²) >= 11 is 0. The number of halogens is 2. The molecule has 3 aromatic rings. The van der Waals surface area contributed by atoms with Gasteiger partial charge in [-0.15, -0.1) is 24.0 Å². The third-order valence-corrected chi connectivity index (χ3v) is 5.03. The summed E-state index contributed by atoms with van der Waals surface area (Å²) in [6.07, 6.45) is 5.12. The molecule has 0 spiro atoms. The summed E-state index contributed by atoms with van der Waals surface area (Å²) in [5.41, 5.74) is 1.56. The molecule has 1 aliphatic heterocycles. The number of aryl methyl sites for hydroxylation is 1. The fourth-order valence-electron chi connectivity index (χ4n) is 3.47. The number of carbonyl (C=O) groups excluding carboxylic acids is 1. The summed E-state index contributed by atoms with van der Waals surface area (Å²) in [7, 11) is 3.49. The second-order valence-corrected chi connectivity index (χ2v) is 7.27. The van der Waals surface area contributed by atoms with Crippen molar-refractivity contribution in [3.8, 4) is 11.6 Å². The zero-order chi connectivity index (χ0) is 22.5. The van der Waals surface area contributed by atoms with E-state index >= 15 is 0 Å². The highest BCUT2D eigenvalue weighted by Gasteiger charge is 2.27. The molecule has 1 N–H and O–H groups in total. The highest BCUT2D eigenvalue weighted by atomic mass is 127. The molecule has 0 aliphatic carbocycles. The number of aliphatic imine (C=N–C) groups is 1. The third-order valence-electron chi connectivity index (χ3n) is 5.03. The summed E-state index contributed by atoms with van der Waals surface area (Å²) in [6, 6.07) is 9.57. The highest BCUT2D eigenvalue weighted by molar-refractivity contribution is 14.0. The zero-order valence-corrected chi connectivity index (χ0v) is 20.6. The predicted molar refractivity (Wildman–Crippen MR) is 133 cm³/mol. The Morgan fingerprint density at radius 2 is 2.12 bits per heavy atom. The molecule has 0 radical (unpaired) electrons. The third kappa shape index (κ3) is 5.97. The number of anilines is 1. The van der Waals surface area contributed by atoms with Crippen LogP contribution in [-0.2, 0) is 18.4 Å². The number of hydrogen-bond donors (Lipinski definition) is 1. The number of guanidine groups is 1. The average molecular weight is 565 g/mol. The maximum Gasteiger partial charge on any atom is 0.246 e. The molecular formula is C22H25FIN7O2. The van der Waals surface area contributed by atoms with E-state index in [0.29, 0.717) is 37.2 Å². The van der Waals surface area contributed by atoms with Gasteiger partial charge in [0, 0.05) is 57.8 Å². The second-order valence-electron chi connectivity index (χ2n) is 7.27. The van der Waals surface area contributed by atoms with E-state index < -0.39 is 0 Å². The molecule has 0 unspecified atom stereocenters. The van der Waals surface area contributed by atoms with Gasteiger partial charge in [0.2, 0.25) is 11.8 Å². The van der Waals surface area contributed by atoms with Crippen LogP contribution in [0.1, 0.15) is 5.56 Å². The van der Waals surface area contributed by atoms with Gasteiger partial charge in [-0.1, -0.05) is 12.1 Å². The van der Waals surface area contributed by atoms with Crippen LogP contribution >= 0.6 is 24.0 Å². The van der Waals surface area contributed by atoms with E-state index in [9.17, 15) is 9.18 Å². The Morgan fingerprint density at radius 3 is 2.82 bits per heavy atom. The van der Waals surface area contributed by atoms with Gasteiger partial charge in [-0.2, -0.15) is 5.10 Å². The summed E-state index contributed by atoms with van der Waals surface area (Å²) in [4.78, 5) is 24.9. The van der Waals surface area contributed by atoms with Crippen molar-refractivity contribution in [2.75, 3.05) is 31.6 Å². The molecule has 4 rings (SSSR count). The summed E-state index contributed by atoms with van der Waals surface area (Å²) in [6.45, 7) is 1.74. The number of rotatable bonds is 5. The van der Waals surface area contributed by atoms with Crippen LogP contribution in [0.5, 0.6) is 11.6 Å². The van der Waals surface area contributed by atoms with Crippen LogP contribution in [0.25, 0.3) is 0 Å². The molecule has 1 saturated heterocycles. The number of hydrogen-bond acceptors (Lipinski definition) is 5. The van der Waals surface area contributed by atoms with Crippen LogP contribution in [0.15, 0.2) is 60.0 Å². The smallest absolute Gasteiger partial charge is 0.246 e. The number of amides is 1. The average Bonchev–Trinajstić information content (AvgIpc) is 3.21. The van der Waals surface area contributed by atoms with Crippen molar-refractivity contribution in [1.82, 2.24) is 25.0 Å². The Labute approximate surface area is 208 Å². The predicted octanol–water partition coefficient (Wildman–Crippen LogP) is 2.79. The van der Waals surface area contributed by atoms with Crippen LogP contribution in [0, 0.1) is 5.82 Å². The lowest BCUT2D eigenvalue weighted by atomic mass is 10.2. The quantitative estimate of drug-likeness (QED) is 0.291. The Bertz CT molecular complexity index is 1140. The summed E-state index contributed by atoms with van der Waals surface area (Å²) < 4.78 is 20.9. The number of piperazine rings is 1. The first-order chi connectivity index (χ1) is 15.5. The van der Waals surface area contributed by atoms with Gasteiger partial charge < -0.3 is 19.9 Å². The maximum absolute atomic E-state index is 13.5. The van der Waals surface area contributed by atoms with Crippen molar-refractivity contribution in [3.05, 3.63) is 66.4 Å². The first-order valence-corrected chi connectivity index (χ1v) is 10.2. The number of aromatic nitrogens is 3. The number of carbonyl (C=O) groups is 1. The van der Waals surface area contributed by atoms with Gasteiger partial charge in [0.15, 0.2) is 5.96 Å². The van der Waals surface area contributed by atoms with E-state index in [4.69, 9.17) is 4.74 Å². The van der Waals surface area contributed by atoms with E-state index in [0.717, 1.165) is 11.3 Å². The van der Waals surface area contributed by atoms with Gasteiger partial charge >= 0.3 is 0 Å². The minimum atomic E-state index is -0.381. The van der Waals surface area contributed by atoms with Crippen LogP contribution in [-0.4, -0.2) is 58.2 Å². The van der Waals surface area contributed by atoms with Crippen LogP contribution < -0.4 is 15.0 Å². The van der Waals surface area contributed by atoms with E-state index in [1.807, 2.05) is 24.2 Å². The molecule has 1 aliphatic rings. The molecule has 11 heteroatoms. The Hall–Kier alpha value is -3.22. The molecule has 1 amide bonds. The van der Waals surface area contributed by atoms with Gasteiger partial charge in [-0.3, -0.25) is 14.5 Å². The molecule has 0 bridgehead atoms. The van der Waals surface area contributed by atoms with Gasteiger partial charge in [0.25, 0.3) is 0 Å². The summed E-state index contributed by atoms with van der Waals surface area (Å²) in [5, 5.41) is 7.40. The minimum Gasteiger partial charge on any atom is -0.439 e. The normalized spacial score (nSPS) is 14.2. The fraction of sp³-hybridized carbons (Fsp3) is 0.273. The van der Waals surface area contributed by atoms with E-state index in [-0.39, 0.29) is 42.2 Å². The van der Waals surface area contributed by atoms with Gasteiger partial charge in [-0.25, -0.2) is 9.37 Å².